The molecule has 3 aliphatic heterocycles. The van der Waals surface area contributed by atoms with Gasteiger partial charge in [0.05, 0.1) is 12.7 Å². The maximum atomic E-state index is 13.0. The fraction of sp³-hybridized carbons (Fsp3) is 0.208. The lowest BCUT2D eigenvalue weighted by Gasteiger charge is -2.49. The van der Waals surface area contributed by atoms with E-state index < -0.39 is 34.6 Å². The van der Waals surface area contributed by atoms with Crippen LogP contribution in [0.1, 0.15) is 5.69 Å². The van der Waals surface area contributed by atoms with Gasteiger partial charge in [0.1, 0.15) is 29.9 Å². The van der Waals surface area contributed by atoms with Crippen molar-refractivity contribution in [1.82, 2.24) is 25.0 Å². The number of carboxylic acids is 1. The highest BCUT2D eigenvalue weighted by atomic mass is 32.2. The standard InChI is InChI=1S/C24H21N7O7S2/c1-38-29-17(14-10-40-24(25)27-14)20(34)28-18-21(35)31-19(23(36)37)11(9-39-22(18)31)3-2-4-30-8-13-6-16(33)15(32)5-12(13)7-26-30/h2-3,5-8,10,18,22,33H,4,9H2,1H3,(H2,25,27)(H,28,34)(H,36,37)/b3-2+,29-17-. The number of carbonyl (C=O) groups is 3. The average Bonchev–Trinajstić information content (AvgIpc) is 3.36. The van der Waals surface area contributed by atoms with E-state index in [2.05, 4.69) is 20.6 Å². The molecular formula is C24H21N7O7S2. The van der Waals surface area contributed by atoms with Crippen LogP contribution in [0, 0.1) is 0 Å². The van der Waals surface area contributed by atoms with Gasteiger partial charge in [-0.3, -0.25) is 24.0 Å². The molecule has 1 aromatic rings. The second kappa shape index (κ2) is 10.8. The zero-order chi connectivity index (χ0) is 28.6. The first-order valence-corrected chi connectivity index (χ1v) is 13.5. The monoisotopic (exact) mass is 583 g/mol. The second-order valence-corrected chi connectivity index (χ2v) is 10.6. The number of hydrogen-bond donors (Lipinski definition) is 4. The third-order valence-corrected chi connectivity index (χ3v) is 8.03. The quantitative estimate of drug-likeness (QED) is 0.163. The van der Waals surface area contributed by atoms with Crippen molar-refractivity contribution in [2.75, 3.05) is 18.6 Å². The Morgan fingerprint density at radius 2 is 2.12 bits per heavy atom. The Kier molecular flexibility index (Phi) is 7.27. The number of allylic oxidation sites excluding steroid dienone is 2. The summed E-state index contributed by atoms with van der Waals surface area (Å²) in [6.45, 7) is 0.260. The van der Waals surface area contributed by atoms with Gasteiger partial charge in [-0.25, -0.2) is 9.78 Å². The van der Waals surface area contributed by atoms with Crippen LogP contribution in [-0.4, -0.2) is 77.7 Å². The van der Waals surface area contributed by atoms with E-state index in [1.807, 2.05) is 0 Å². The van der Waals surface area contributed by atoms with Crippen LogP contribution < -0.4 is 16.5 Å². The molecule has 14 nitrogen and oxygen atoms in total. The number of phenols is 1. The van der Waals surface area contributed by atoms with Crippen molar-refractivity contribution in [2.24, 2.45) is 5.16 Å². The van der Waals surface area contributed by atoms with Gasteiger partial charge in [-0.05, 0) is 17.7 Å². The Morgan fingerprint density at radius 3 is 2.83 bits per heavy atom. The zero-order valence-corrected chi connectivity index (χ0v) is 22.3. The summed E-state index contributed by atoms with van der Waals surface area (Å²) in [7, 11) is 1.26. The lowest BCUT2D eigenvalue weighted by Crippen LogP contribution is -2.71. The van der Waals surface area contributed by atoms with Crippen molar-refractivity contribution in [2.45, 2.75) is 18.0 Å². The van der Waals surface area contributed by atoms with Gasteiger partial charge < -0.3 is 26.1 Å². The summed E-state index contributed by atoms with van der Waals surface area (Å²) in [5, 5.41) is 31.2. The normalized spacial score (nSPS) is 19.1. The summed E-state index contributed by atoms with van der Waals surface area (Å²) in [6.07, 6.45) is 6.44. The lowest BCUT2D eigenvalue weighted by molar-refractivity contribution is -0.150. The van der Waals surface area contributed by atoms with Crippen LogP contribution in [-0.2, 0) is 25.8 Å². The maximum Gasteiger partial charge on any atom is 0.352 e. The lowest BCUT2D eigenvalue weighted by atomic mass is 10.0. The van der Waals surface area contributed by atoms with E-state index in [1.165, 1.54) is 42.6 Å². The smallest absolute Gasteiger partial charge is 0.352 e. The number of amides is 2. The number of aromatic hydroxyl groups is 1. The van der Waals surface area contributed by atoms with Crippen LogP contribution >= 0.6 is 23.1 Å². The van der Waals surface area contributed by atoms with Gasteiger partial charge in [-0.15, -0.1) is 23.1 Å². The first-order valence-electron chi connectivity index (χ1n) is 11.6. The molecule has 206 valence electrons. The number of nitrogen functional groups attached to an aromatic ring is 1. The molecule has 16 heteroatoms. The minimum Gasteiger partial charge on any atom is -0.504 e. The molecule has 4 heterocycles. The van der Waals surface area contributed by atoms with Crippen molar-refractivity contribution in [3.8, 4) is 16.9 Å². The van der Waals surface area contributed by atoms with Crippen LogP contribution in [0.3, 0.4) is 0 Å². The number of thiazole rings is 1. The molecule has 0 spiro atoms. The molecular weight excluding hydrogens is 562 g/mol. The van der Waals surface area contributed by atoms with Gasteiger partial charge in [-0.2, -0.15) is 5.10 Å². The minimum atomic E-state index is -1.27. The van der Waals surface area contributed by atoms with Crippen molar-refractivity contribution >= 4 is 51.7 Å². The maximum absolute atomic E-state index is 13.0. The van der Waals surface area contributed by atoms with Crippen molar-refractivity contribution in [3.63, 3.8) is 0 Å². The van der Waals surface area contributed by atoms with Crippen molar-refractivity contribution < 1.29 is 29.4 Å². The highest BCUT2D eigenvalue weighted by Gasteiger charge is 2.54. The van der Waals surface area contributed by atoms with Gasteiger partial charge in [0, 0.05) is 28.5 Å². The fourth-order valence-electron chi connectivity index (χ4n) is 4.23. The number of aromatic nitrogens is 3. The van der Waals surface area contributed by atoms with E-state index in [9.17, 15) is 29.4 Å². The van der Waals surface area contributed by atoms with Gasteiger partial charge >= 0.3 is 5.97 Å². The number of oxime groups is 1. The Balaban J connectivity index is 1.31. The van der Waals surface area contributed by atoms with Crippen LogP contribution in [0.15, 0.2) is 63.3 Å². The number of β-lactam (4-membered cyclic amide) rings is 1. The van der Waals surface area contributed by atoms with Crippen LogP contribution in [0.5, 0.6) is 5.75 Å². The molecule has 2 atom stereocenters. The van der Waals surface area contributed by atoms with E-state index in [0.717, 1.165) is 16.2 Å². The van der Waals surface area contributed by atoms with Crippen LogP contribution in [0.4, 0.5) is 5.13 Å². The third-order valence-electron chi connectivity index (χ3n) is 6.06. The Labute approximate surface area is 233 Å². The van der Waals surface area contributed by atoms with E-state index in [-0.39, 0.29) is 40.3 Å². The Morgan fingerprint density at radius 1 is 1.32 bits per heavy atom. The molecule has 0 radical (unpaired) electrons. The number of fused-ring (bicyclic) bond motifs is 2. The van der Waals surface area contributed by atoms with Gasteiger partial charge in [-0.1, -0.05) is 17.3 Å². The number of nitrogens with zero attached hydrogens (tertiary/aromatic N) is 5. The number of nitrogens with one attached hydrogen (secondary N) is 1. The largest absolute Gasteiger partial charge is 0.504 e. The second-order valence-electron chi connectivity index (χ2n) is 8.58. The number of hydrogen-bond acceptors (Lipinski definition) is 12. The molecule has 0 saturated carbocycles. The van der Waals surface area contributed by atoms with E-state index >= 15 is 0 Å². The van der Waals surface area contributed by atoms with Crippen molar-refractivity contribution in [3.05, 3.63) is 69.2 Å². The molecule has 0 bridgehead atoms. The molecule has 5 N–H and O–H groups in total. The van der Waals surface area contributed by atoms with Gasteiger partial charge in [0.25, 0.3) is 11.8 Å². The molecule has 2 unspecified atom stereocenters. The van der Waals surface area contributed by atoms with E-state index in [1.54, 1.807) is 23.0 Å². The van der Waals surface area contributed by atoms with Crippen molar-refractivity contribution in [1.29, 1.82) is 0 Å². The zero-order valence-electron chi connectivity index (χ0n) is 20.7. The number of rotatable bonds is 8. The predicted molar refractivity (Wildman–Crippen MR) is 146 cm³/mol. The summed E-state index contributed by atoms with van der Waals surface area (Å²) in [4.78, 5) is 59.5. The van der Waals surface area contributed by atoms with E-state index in [0.29, 0.717) is 16.7 Å². The Hall–Kier alpha value is -4.70. The number of carboxylic acid groups (broad SMARTS) is 1. The van der Waals surface area contributed by atoms with E-state index in [4.69, 9.17) is 10.6 Å². The molecule has 1 saturated heterocycles. The molecule has 1 fully saturated rings. The first kappa shape index (κ1) is 26.9. The molecule has 0 aromatic carbocycles. The number of thioether (sulfide) groups is 1. The predicted octanol–water partition coefficient (Wildman–Crippen LogP) is 0.438. The molecule has 40 heavy (non-hydrogen) atoms. The highest BCUT2D eigenvalue weighted by Crippen LogP contribution is 2.40. The third kappa shape index (κ3) is 5.01. The summed E-state index contributed by atoms with van der Waals surface area (Å²) < 4.78 is 1.55. The summed E-state index contributed by atoms with van der Waals surface area (Å²) in [5.41, 5.74) is 6.60. The average molecular weight is 584 g/mol. The minimum absolute atomic E-state index is 0.163. The number of phenolic OH excluding ortho intramolecular Hbond substituents is 1. The van der Waals surface area contributed by atoms with Crippen LogP contribution in [0.2, 0.25) is 0 Å². The SMILES string of the molecule is CO/N=C(\C(=O)NC1C(=O)N2C(C(=O)O)=C(/C=C/Cn3cc4cc(O)c(=O)cc-4cn3)CSC12)c1csc(N)n1. The van der Waals surface area contributed by atoms with Crippen LogP contribution in [0.25, 0.3) is 11.1 Å². The number of benzene rings is 1. The highest BCUT2D eigenvalue weighted by molar-refractivity contribution is 8.00. The van der Waals surface area contributed by atoms with Gasteiger partial charge in [0.2, 0.25) is 5.43 Å². The summed E-state index contributed by atoms with van der Waals surface area (Å²) in [5.74, 6) is -2.66. The number of nitrogens with two attached hydrogens (primary N) is 1. The number of carbonyl (C=O) groups excluding carboxylic acids is 2. The molecule has 2 amide bonds. The molecule has 1 aliphatic carbocycles. The van der Waals surface area contributed by atoms with Gasteiger partial charge in [0.15, 0.2) is 16.6 Å². The Bertz CT molecular complexity index is 1640. The number of aliphatic carboxylic acids is 1. The molecule has 5 rings (SSSR count). The first-order chi connectivity index (χ1) is 19.2. The summed E-state index contributed by atoms with van der Waals surface area (Å²) in [6, 6.07) is 1.67. The molecule has 4 aliphatic rings. The molecule has 1 aromatic heterocycles. The number of anilines is 1. The summed E-state index contributed by atoms with van der Waals surface area (Å²) >= 11 is 2.42. The fourth-order valence-corrected chi connectivity index (χ4v) is 6.10. The topological polar surface area (TPSA) is 202 Å².